The van der Waals surface area contributed by atoms with Gasteiger partial charge in [-0.25, -0.2) is 9.97 Å². The minimum Gasteiger partial charge on any atom is -0.309 e. The Morgan fingerprint density at radius 3 is 1.59 bits per heavy atom. The average Bonchev–Trinajstić information content (AvgIpc) is 4.08. The number of rotatable bonds is 3. The van der Waals surface area contributed by atoms with Crippen LogP contribution in [0.4, 0.5) is 0 Å². The molecular formula is C58H33N5. The highest BCUT2D eigenvalue weighted by atomic mass is 15.1. The Labute approximate surface area is 359 Å². The molecule has 0 atom stereocenters. The summed E-state index contributed by atoms with van der Waals surface area (Å²) in [4.78, 5) is 10.8. The molecule has 0 fully saturated rings. The van der Waals surface area contributed by atoms with Crippen molar-refractivity contribution in [2.24, 2.45) is 0 Å². The maximum Gasteiger partial charge on any atom is 0.165 e. The second-order valence-corrected chi connectivity index (χ2v) is 16.9. The van der Waals surface area contributed by atoms with Crippen molar-refractivity contribution >= 4 is 114 Å². The molecule has 0 bridgehead atoms. The molecule has 0 unspecified atom stereocenters. The molecule has 0 saturated heterocycles. The van der Waals surface area contributed by atoms with E-state index < -0.39 is 0 Å². The van der Waals surface area contributed by atoms with Crippen molar-refractivity contribution in [3.8, 4) is 22.8 Å². The minimum absolute atomic E-state index is 0.813. The fraction of sp³-hybridized carbons (Fsp3) is 0. The fourth-order valence-electron chi connectivity index (χ4n) is 11.1. The van der Waals surface area contributed by atoms with Gasteiger partial charge in [-0.3, -0.25) is 4.57 Å². The number of hydrogen-bond donors (Lipinski definition) is 0. The smallest absolute Gasteiger partial charge is 0.165 e. The number of para-hydroxylation sites is 5. The molecule has 63 heavy (non-hydrogen) atoms. The molecule has 15 rings (SSSR count). The van der Waals surface area contributed by atoms with E-state index in [9.17, 15) is 0 Å². The zero-order valence-corrected chi connectivity index (χ0v) is 33.8. The molecule has 0 aliphatic carbocycles. The van der Waals surface area contributed by atoms with Gasteiger partial charge in [0.15, 0.2) is 5.82 Å². The van der Waals surface area contributed by atoms with Gasteiger partial charge in [-0.2, -0.15) is 0 Å². The Balaban J connectivity index is 1.01. The van der Waals surface area contributed by atoms with Gasteiger partial charge in [0.2, 0.25) is 0 Å². The van der Waals surface area contributed by atoms with E-state index in [2.05, 4.69) is 202 Å². The SMILES string of the molecule is c1ccc2c(c1)ccc1c2c2ccccc2n1-c1nc2ccccc2nc1-c1ccc(-n2c3ccccc3c3c4c5c6ccccc6ccc5n5c6ccccc6c(cc32)c45)cc1. The number of hydrogen-bond acceptors (Lipinski definition) is 2. The van der Waals surface area contributed by atoms with E-state index in [-0.39, 0.29) is 0 Å². The van der Waals surface area contributed by atoms with E-state index in [4.69, 9.17) is 9.97 Å². The van der Waals surface area contributed by atoms with Gasteiger partial charge in [0.1, 0.15) is 5.69 Å². The van der Waals surface area contributed by atoms with Crippen molar-refractivity contribution in [1.29, 1.82) is 0 Å². The van der Waals surface area contributed by atoms with Crippen LogP contribution in [0.5, 0.6) is 0 Å². The normalized spacial score (nSPS) is 12.4. The van der Waals surface area contributed by atoms with Crippen molar-refractivity contribution in [3.63, 3.8) is 0 Å². The first-order chi connectivity index (χ1) is 31.3. The lowest BCUT2D eigenvalue weighted by Crippen LogP contribution is -2.04. The molecule has 0 amide bonds. The molecule has 0 N–H and O–H groups in total. The molecule has 0 radical (unpaired) electrons. The van der Waals surface area contributed by atoms with Gasteiger partial charge in [0.05, 0.1) is 49.7 Å². The Kier molecular flexibility index (Phi) is 6.36. The Hall–Kier alpha value is -8.54. The van der Waals surface area contributed by atoms with Crippen LogP contribution in [0.2, 0.25) is 0 Å². The van der Waals surface area contributed by atoms with Crippen LogP contribution in [0.1, 0.15) is 0 Å². The van der Waals surface area contributed by atoms with Crippen molar-refractivity contribution in [2.45, 2.75) is 0 Å². The van der Waals surface area contributed by atoms with E-state index in [0.717, 1.165) is 44.8 Å². The van der Waals surface area contributed by atoms with E-state index >= 15 is 0 Å². The summed E-state index contributed by atoms with van der Waals surface area (Å²) in [7, 11) is 0. The quantitative estimate of drug-likeness (QED) is 0.179. The fourth-order valence-corrected chi connectivity index (χ4v) is 11.1. The third kappa shape index (κ3) is 4.30. The van der Waals surface area contributed by atoms with Crippen LogP contribution in [0.15, 0.2) is 200 Å². The number of nitrogens with zero attached hydrogens (tertiary/aromatic N) is 5. The minimum atomic E-state index is 0.813. The highest BCUT2D eigenvalue weighted by molar-refractivity contribution is 6.39. The van der Waals surface area contributed by atoms with Crippen molar-refractivity contribution in [1.82, 2.24) is 23.5 Å². The van der Waals surface area contributed by atoms with Gasteiger partial charge in [0, 0.05) is 54.3 Å². The predicted octanol–water partition coefficient (Wildman–Crippen LogP) is 14.9. The Morgan fingerprint density at radius 1 is 0.317 bits per heavy atom. The summed E-state index contributed by atoms with van der Waals surface area (Å²) in [6.45, 7) is 0. The van der Waals surface area contributed by atoms with Gasteiger partial charge in [0.25, 0.3) is 0 Å². The van der Waals surface area contributed by atoms with E-state index in [0.29, 0.717) is 0 Å². The summed E-state index contributed by atoms with van der Waals surface area (Å²) in [6.07, 6.45) is 0. The molecule has 0 aliphatic heterocycles. The summed E-state index contributed by atoms with van der Waals surface area (Å²) in [6, 6.07) is 72.6. The van der Waals surface area contributed by atoms with Crippen LogP contribution >= 0.6 is 0 Å². The van der Waals surface area contributed by atoms with Gasteiger partial charge < -0.3 is 8.97 Å². The molecule has 0 saturated carbocycles. The van der Waals surface area contributed by atoms with Gasteiger partial charge in [-0.1, -0.05) is 140 Å². The Bertz CT molecular complexity index is 4430. The van der Waals surface area contributed by atoms with E-state index in [1.165, 1.54) is 92.2 Å². The standard InChI is InChI=1S/C58H33N5/c1-3-15-38-34(13-1)27-31-49-52(38)41-18-6-12-24-48(41)63(49)58-56(59-44-20-8-9-21-45(44)60-58)36-25-29-37(30-26-36)61-47-23-11-7-19-42(47)54-51(61)33-43-40-17-5-10-22-46(40)62-50-32-28-35-14-2-4-16-39(35)53(50)55(54)57(43)62/h1-33H. The summed E-state index contributed by atoms with van der Waals surface area (Å²) in [5.74, 6) is 0.813. The van der Waals surface area contributed by atoms with Crippen LogP contribution < -0.4 is 0 Å². The molecule has 10 aromatic carbocycles. The second-order valence-electron chi connectivity index (χ2n) is 16.9. The third-order valence-corrected chi connectivity index (χ3v) is 13.7. The van der Waals surface area contributed by atoms with Crippen LogP contribution in [0.3, 0.4) is 0 Å². The second kappa shape index (κ2) is 12.1. The number of fused-ring (bicyclic) bond motifs is 18. The lowest BCUT2D eigenvalue weighted by molar-refractivity contribution is 1.08. The molecule has 5 heteroatoms. The molecule has 0 spiro atoms. The zero-order valence-electron chi connectivity index (χ0n) is 33.8. The molecular weight excluding hydrogens is 767 g/mol. The van der Waals surface area contributed by atoms with E-state index in [1.54, 1.807) is 0 Å². The van der Waals surface area contributed by atoms with Crippen LogP contribution in [0, 0.1) is 0 Å². The van der Waals surface area contributed by atoms with Gasteiger partial charge in [-0.15, -0.1) is 0 Å². The average molecular weight is 800 g/mol. The van der Waals surface area contributed by atoms with Gasteiger partial charge >= 0.3 is 0 Å². The van der Waals surface area contributed by atoms with E-state index in [1.807, 2.05) is 12.1 Å². The molecule has 290 valence electrons. The van der Waals surface area contributed by atoms with Gasteiger partial charge in [-0.05, 0) is 82.2 Å². The van der Waals surface area contributed by atoms with Crippen LogP contribution in [0.25, 0.3) is 137 Å². The highest BCUT2D eigenvalue weighted by Crippen LogP contribution is 2.48. The summed E-state index contributed by atoms with van der Waals surface area (Å²) < 4.78 is 7.29. The lowest BCUT2D eigenvalue weighted by Gasteiger charge is -2.15. The largest absolute Gasteiger partial charge is 0.309 e. The lowest BCUT2D eigenvalue weighted by atomic mass is 9.98. The highest BCUT2D eigenvalue weighted by Gasteiger charge is 2.26. The zero-order chi connectivity index (χ0) is 40.9. The molecule has 15 aromatic rings. The summed E-state index contributed by atoms with van der Waals surface area (Å²) in [5.41, 5.74) is 13.0. The first-order valence-electron chi connectivity index (χ1n) is 21.6. The molecule has 5 nitrogen and oxygen atoms in total. The Morgan fingerprint density at radius 2 is 0.857 bits per heavy atom. The molecule has 5 heterocycles. The van der Waals surface area contributed by atoms with Crippen molar-refractivity contribution in [2.75, 3.05) is 0 Å². The molecule has 0 aliphatic rings. The molecule has 5 aromatic heterocycles. The first-order valence-corrected chi connectivity index (χ1v) is 21.6. The van der Waals surface area contributed by atoms with Crippen LogP contribution in [-0.4, -0.2) is 23.5 Å². The maximum absolute atomic E-state index is 5.43. The predicted molar refractivity (Wildman–Crippen MR) is 263 cm³/mol. The van der Waals surface area contributed by atoms with Crippen molar-refractivity contribution in [3.05, 3.63) is 200 Å². The van der Waals surface area contributed by atoms with Crippen molar-refractivity contribution < 1.29 is 0 Å². The maximum atomic E-state index is 5.43. The number of benzene rings is 10. The number of aromatic nitrogens is 5. The first kappa shape index (κ1) is 33.2. The van der Waals surface area contributed by atoms with Crippen LogP contribution in [-0.2, 0) is 0 Å². The monoisotopic (exact) mass is 799 g/mol. The summed E-state index contributed by atoms with van der Waals surface area (Å²) in [5, 5.41) is 15.1. The topological polar surface area (TPSA) is 40.0 Å². The summed E-state index contributed by atoms with van der Waals surface area (Å²) >= 11 is 0. The third-order valence-electron chi connectivity index (χ3n) is 13.7.